The van der Waals surface area contributed by atoms with E-state index in [2.05, 4.69) is 39.7 Å². The Kier molecular flexibility index (Phi) is 17.6. The van der Waals surface area contributed by atoms with Crippen LogP contribution in [0.25, 0.3) is 22.1 Å². The van der Waals surface area contributed by atoms with Crippen LogP contribution in [0.1, 0.15) is 69.6 Å². The Morgan fingerprint density at radius 3 is 2.31 bits per heavy atom. The molecule has 3 aliphatic rings. The summed E-state index contributed by atoms with van der Waals surface area (Å²) in [6.45, 7) is 4.19. The minimum absolute atomic E-state index is 0.00652. The highest BCUT2D eigenvalue weighted by Crippen LogP contribution is 2.61. The Bertz CT molecular complexity index is 3050. The summed E-state index contributed by atoms with van der Waals surface area (Å²) >= 11 is 0.671. The van der Waals surface area contributed by atoms with E-state index in [4.69, 9.17) is 25.3 Å². The molecule has 414 valence electrons. The summed E-state index contributed by atoms with van der Waals surface area (Å²) in [7, 11) is -16.6. The summed E-state index contributed by atoms with van der Waals surface area (Å²) in [5, 5.41) is 28.7. The number of phosphoric ester groups is 3. The lowest BCUT2D eigenvalue weighted by atomic mass is 9.87. The van der Waals surface area contributed by atoms with Crippen molar-refractivity contribution in [3.05, 3.63) is 46.3 Å². The first-order chi connectivity index (χ1) is 35.0. The topological polar surface area (TPSA) is 427 Å². The highest BCUT2D eigenvalue weighted by molar-refractivity contribution is 8.14. The summed E-state index contributed by atoms with van der Waals surface area (Å²) in [6, 6.07) is -0.426. The van der Waals surface area contributed by atoms with Gasteiger partial charge in [0.1, 0.15) is 41.9 Å². The summed E-state index contributed by atoms with van der Waals surface area (Å²) in [5.74, 6) is -3.81. The number of aromatic nitrogens is 5. The molecule has 2 amide bonds. The third-order valence-corrected chi connectivity index (χ3v) is 16.1. The first-order valence-corrected chi connectivity index (χ1v) is 28.4. The van der Waals surface area contributed by atoms with Gasteiger partial charge in [-0.15, -0.1) is 0 Å². The maximum absolute atomic E-state index is 16.4. The quantitative estimate of drug-likeness (QED) is 0.0293. The van der Waals surface area contributed by atoms with Gasteiger partial charge < -0.3 is 71.4 Å². The van der Waals surface area contributed by atoms with Crippen LogP contribution in [-0.2, 0) is 45.9 Å². The smallest absolute Gasteiger partial charge is 0.396 e. The molecule has 4 aromatic rings. The zero-order valence-electron chi connectivity index (χ0n) is 40.3. The molecule has 0 radical (unpaired) electrons. The molecule has 3 aromatic heterocycles. The van der Waals surface area contributed by atoms with Gasteiger partial charge >= 0.3 is 23.5 Å². The summed E-state index contributed by atoms with van der Waals surface area (Å²) in [5.41, 5.74) is 7.97. The lowest BCUT2D eigenvalue weighted by molar-refractivity contribution is -0.137. The second kappa shape index (κ2) is 22.8. The number of amides is 2. The highest BCUT2D eigenvalue weighted by Gasteiger charge is 2.50. The minimum Gasteiger partial charge on any atom is -0.396 e. The summed E-state index contributed by atoms with van der Waals surface area (Å²) in [4.78, 5) is 105. The molecule has 35 heteroatoms. The number of anilines is 3. The molecule has 0 bridgehead atoms. The number of nitrogens with zero attached hydrogens (tertiary/aromatic N) is 6. The molecule has 75 heavy (non-hydrogen) atoms. The van der Waals surface area contributed by atoms with E-state index in [0.717, 1.165) is 17.2 Å². The number of aliphatic hydroxyl groups excluding tert-OH is 2. The number of carbonyl (C=O) groups is 3. The average Bonchev–Trinajstić information content (AvgIpc) is 4.00. The second-order valence-electron chi connectivity index (χ2n) is 18.7. The van der Waals surface area contributed by atoms with E-state index in [1.165, 1.54) is 24.6 Å². The van der Waals surface area contributed by atoms with Crippen LogP contribution in [0.4, 0.5) is 26.0 Å². The lowest BCUT2D eigenvalue weighted by Gasteiger charge is -2.38. The highest BCUT2D eigenvalue weighted by atomic mass is 32.2. The molecule has 7 rings (SSSR count). The number of aliphatic hydroxyl groups is 2. The first-order valence-electron chi connectivity index (χ1n) is 22.9. The predicted molar refractivity (Wildman–Crippen MR) is 262 cm³/mol. The van der Waals surface area contributed by atoms with Crippen molar-refractivity contribution in [3.8, 4) is 0 Å². The normalized spacial score (nSPS) is 23.5. The predicted octanol–water partition coefficient (Wildman–Crippen LogP) is 0.675. The number of nitrogens with one attached hydrogen (secondary N) is 3. The number of thioether (sulfide) groups is 1. The van der Waals surface area contributed by atoms with E-state index in [1.807, 2.05) is 13.8 Å². The Labute approximate surface area is 428 Å². The van der Waals surface area contributed by atoms with Crippen LogP contribution in [0, 0.1) is 17.0 Å². The van der Waals surface area contributed by atoms with Gasteiger partial charge in [0.15, 0.2) is 29.3 Å². The third-order valence-electron chi connectivity index (χ3n) is 12.1. The van der Waals surface area contributed by atoms with Crippen LogP contribution in [0.5, 0.6) is 0 Å². The first kappa shape index (κ1) is 58.1. The molecule has 13 N–H and O–H groups in total. The Balaban J connectivity index is 0.857. The number of benzene rings is 1. The fourth-order valence-corrected chi connectivity index (χ4v) is 12.0. The van der Waals surface area contributed by atoms with Gasteiger partial charge in [0.25, 0.3) is 0 Å². The molecule has 29 nitrogen and oxygen atoms in total. The number of rotatable bonds is 22. The minimum atomic E-state index is -5.64. The van der Waals surface area contributed by atoms with Crippen molar-refractivity contribution in [1.82, 2.24) is 40.0 Å². The largest absolute Gasteiger partial charge is 0.481 e. The van der Waals surface area contributed by atoms with Gasteiger partial charge in [-0.1, -0.05) is 25.6 Å². The standard InChI is InChI=1S/C40H56F2N11O18P3S/c1-18-11-51(12-19(2)50-18)30-25(41)27(43)24-29(26(30)42)52(20-5-6-20)13-21(31(24)55)39(59)75-10-9-45-23(54)7-8-46-37(58)34(57)40(3,4)15-68-74(65,66)71-73(63,64)67-14-22-33(70-72(60,61)62)32(56)38(69-22)53-17-49-28-35(44)47-16-48-36(28)53/h13,16-20,22,32-34,38,50,56-57H,5-12,14-15,43H2,1-4H3,(H,45,54)(H,46,58)(H,63,64)(H,65,66)(H2,44,47,48)(H2,60,61,62)/t18-,19+,22?,32?,33?,34?,38?. The number of hydrogen-bond acceptors (Lipinski definition) is 22. The van der Waals surface area contributed by atoms with Gasteiger partial charge in [0.05, 0.1) is 41.7 Å². The zero-order valence-corrected chi connectivity index (χ0v) is 43.8. The molecule has 9 atom stereocenters. The fraction of sp³-hybridized carbons (Fsp3) is 0.575. The van der Waals surface area contributed by atoms with Crippen molar-refractivity contribution >= 4 is 91.4 Å². The van der Waals surface area contributed by atoms with Crippen LogP contribution in [0.15, 0.2) is 23.6 Å². The molecular formula is C40H56F2N11O18P3S. The molecule has 1 aliphatic carbocycles. The molecule has 2 saturated heterocycles. The number of imidazole rings is 1. The SMILES string of the molecule is C[C@@H]1CN(c2c(F)c(N)c3c(=O)c(C(=O)SCCNC(=O)CCNC(=O)C(O)C(C)(C)COP(=O)(O)OP(=O)(O)OCC4OC(n5cnc6c(N)ncnc65)C(O)C4OP(=O)(O)O)cn(C4CC4)c3c2F)C[C@H](C)N1. The number of piperazine rings is 1. The van der Waals surface area contributed by atoms with Crippen molar-refractivity contribution in [3.63, 3.8) is 0 Å². The number of hydrogen-bond donors (Lipinski definition) is 11. The van der Waals surface area contributed by atoms with E-state index < -0.39 is 118 Å². The van der Waals surface area contributed by atoms with E-state index in [9.17, 15) is 62.7 Å². The number of nitrogens with two attached hydrogens (primary N) is 2. The number of ether oxygens (including phenoxy) is 1. The number of halogens is 2. The Hall–Kier alpha value is -4.59. The molecule has 2 aliphatic heterocycles. The van der Waals surface area contributed by atoms with Crippen LogP contribution in [0.3, 0.4) is 0 Å². The molecule has 1 saturated carbocycles. The monoisotopic (exact) mass is 1140 g/mol. The number of nitrogen functional groups attached to an aromatic ring is 2. The van der Waals surface area contributed by atoms with Crippen molar-refractivity contribution in [2.75, 3.05) is 61.5 Å². The molecule has 7 unspecified atom stereocenters. The molecule has 3 fully saturated rings. The van der Waals surface area contributed by atoms with Gasteiger partial charge in [-0.05, 0) is 26.7 Å². The zero-order chi connectivity index (χ0) is 55.1. The Morgan fingerprint density at radius 2 is 1.65 bits per heavy atom. The van der Waals surface area contributed by atoms with Gasteiger partial charge in [-0.3, -0.25) is 37.3 Å². The van der Waals surface area contributed by atoms with E-state index in [0.29, 0.717) is 24.6 Å². The Morgan fingerprint density at radius 1 is 0.987 bits per heavy atom. The maximum atomic E-state index is 16.4. The van der Waals surface area contributed by atoms with Crippen LogP contribution >= 0.6 is 35.2 Å². The van der Waals surface area contributed by atoms with E-state index >= 15 is 8.78 Å². The average molecular weight is 1140 g/mol. The van der Waals surface area contributed by atoms with E-state index in [-0.39, 0.29) is 90.2 Å². The number of fused-ring (bicyclic) bond motifs is 2. The van der Waals surface area contributed by atoms with Crippen molar-refractivity contribution < 1.29 is 89.3 Å². The van der Waals surface area contributed by atoms with Crippen LogP contribution < -0.4 is 37.7 Å². The van der Waals surface area contributed by atoms with Crippen molar-refractivity contribution in [1.29, 1.82) is 0 Å². The van der Waals surface area contributed by atoms with Crippen LogP contribution in [0.2, 0.25) is 0 Å². The molecule has 0 spiro atoms. The maximum Gasteiger partial charge on any atom is 0.481 e. The van der Waals surface area contributed by atoms with Gasteiger partial charge in [-0.25, -0.2) is 37.4 Å². The number of phosphoric acid groups is 3. The lowest BCUT2D eigenvalue weighted by Crippen LogP contribution is -2.54. The summed E-state index contributed by atoms with van der Waals surface area (Å²) in [6.07, 6.45) is -4.84. The number of pyridine rings is 1. The van der Waals surface area contributed by atoms with Gasteiger partial charge in [0, 0.05) is 68.1 Å². The van der Waals surface area contributed by atoms with Crippen molar-refractivity contribution in [2.24, 2.45) is 5.41 Å². The van der Waals surface area contributed by atoms with Gasteiger partial charge in [0.2, 0.25) is 22.4 Å². The fourth-order valence-electron chi connectivity index (χ4n) is 8.48. The van der Waals surface area contributed by atoms with E-state index in [1.54, 1.807) is 4.90 Å². The molecular weight excluding hydrogens is 1090 g/mol. The van der Waals surface area contributed by atoms with Gasteiger partial charge in [-0.2, -0.15) is 4.31 Å². The molecule has 5 heterocycles. The second-order valence-corrected chi connectivity index (χ2v) is 24.0. The summed E-state index contributed by atoms with van der Waals surface area (Å²) < 4.78 is 96.3. The van der Waals surface area contributed by atoms with Crippen LogP contribution in [-0.4, -0.2) is 152 Å². The third kappa shape index (κ3) is 13.6. The van der Waals surface area contributed by atoms with Crippen molar-refractivity contribution in [2.45, 2.75) is 95.7 Å². The number of carbonyl (C=O) groups excluding carboxylic acids is 3. The molecule has 1 aromatic carbocycles.